The first-order valence-electron chi connectivity index (χ1n) is 17.9. The number of aromatic nitrogens is 1. The maximum Gasteiger partial charge on any atom is 0.345 e. The van der Waals surface area contributed by atoms with Gasteiger partial charge in [0.25, 0.3) is 0 Å². The summed E-state index contributed by atoms with van der Waals surface area (Å²) in [5.74, 6) is -2.14. The molecule has 1 N–H and O–H groups in total. The molecule has 0 radical (unpaired) electrons. The van der Waals surface area contributed by atoms with Gasteiger partial charge in [-0.2, -0.15) is 0 Å². The average Bonchev–Trinajstić information content (AvgIpc) is 3.00. The molecular formula is C40H55NO10. The van der Waals surface area contributed by atoms with Crippen LogP contribution in [0.5, 0.6) is 5.75 Å². The molecule has 3 heterocycles. The van der Waals surface area contributed by atoms with Crippen LogP contribution >= 0.6 is 0 Å². The third-order valence-electron chi connectivity index (χ3n) is 11.4. The van der Waals surface area contributed by atoms with Crippen molar-refractivity contribution < 1.29 is 42.9 Å². The van der Waals surface area contributed by atoms with Crippen LogP contribution in [0.25, 0.3) is 11.3 Å². The summed E-state index contributed by atoms with van der Waals surface area (Å²) in [4.78, 5) is 58.2. The molecule has 51 heavy (non-hydrogen) atoms. The second-order valence-corrected chi connectivity index (χ2v) is 18.6. The Morgan fingerprint density at radius 2 is 1.51 bits per heavy atom. The molecule has 0 bridgehead atoms. The molecule has 5 rings (SSSR count). The summed E-state index contributed by atoms with van der Waals surface area (Å²) in [7, 11) is 0. The molecule has 8 atom stereocenters. The summed E-state index contributed by atoms with van der Waals surface area (Å²) in [6.07, 6.45) is 1.32. The number of carbonyl (C=O) groups is 3. The molecule has 11 nitrogen and oxygen atoms in total. The molecule has 2 fully saturated rings. The zero-order chi connectivity index (χ0) is 38.1. The first kappa shape index (κ1) is 38.5. The van der Waals surface area contributed by atoms with E-state index in [0.29, 0.717) is 18.4 Å². The van der Waals surface area contributed by atoms with Gasteiger partial charge >= 0.3 is 23.5 Å². The predicted molar refractivity (Wildman–Crippen MR) is 188 cm³/mol. The normalized spacial score (nSPS) is 32.0. The van der Waals surface area contributed by atoms with Crippen LogP contribution in [0.1, 0.15) is 114 Å². The first-order chi connectivity index (χ1) is 23.3. The molecule has 0 aromatic carbocycles. The lowest BCUT2D eigenvalue weighted by Gasteiger charge is -2.66. The third kappa shape index (κ3) is 6.82. The smallest absolute Gasteiger partial charge is 0.345 e. The molecule has 0 amide bonds. The average molecular weight is 710 g/mol. The van der Waals surface area contributed by atoms with Crippen LogP contribution in [0, 0.1) is 38.9 Å². The summed E-state index contributed by atoms with van der Waals surface area (Å²) < 4.78 is 31.3. The van der Waals surface area contributed by atoms with Crippen LogP contribution in [-0.2, 0) is 28.6 Å². The van der Waals surface area contributed by atoms with Crippen LogP contribution in [-0.4, -0.2) is 52.4 Å². The van der Waals surface area contributed by atoms with Gasteiger partial charge in [0.15, 0.2) is 0 Å². The Hall–Kier alpha value is -3.73. The van der Waals surface area contributed by atoms with Gasteiger partial charge in [-0.15, -0.1) is 0 Å². The second-order valence-electron chi connectivity index (χ2n) is 18.6. The Labute approximate surface area is 300 Å². The molecular weight excluding hydrogens is 654 g/mol. The van der Waals surface area contributed by atoms with E-state index in [4.69, 9.17) is 23.4 Å². The summed E-state index contributed by atoms with van der Waals surface area (Å²) in [5.41, 5.74) is -5.75. The summed E-state index contributed by atoms with van der Waals surface area (Å²) in [5, 5.41) is 12.4. The van der Waals surface area contributed by atoms with Gasteiger partial charge in [0.05, 0.1) is 22.3 Å². The zero-order valence-electron chi connectivity index (χ0n) is 32.2. The topological polar surface area (TPSA) is 151 Å². The highest BCUT2D eigenvalue weighted by Gasteiger charge is 2.71. The summed E-state index contributed by atoms with van der Waals surface area (Å²) in [6, 6.07) is 5.05. The number of aliphatic hydroxyl groups is 1. The fourth-order valence-electron chi connectivity index (χ4n) is 8.43. The van der Waals surface area contributed by atoms with Crippen molar-refractivity contribution in [1.82, 2.24) is 4.98 Å². The van der Waals surface area contributed by atoms with Gasteiger partial charge in [-0.1, -0.05) is 13.8 Å². The van der Waals surface area contributed by atoms with E-state index in [1.54, 1.807) is 92.9 Å². The predicted octanol–water partition coefficient (Wildman–Crippen LogP) is 6.83. The third-order valence-corrected chi connectivity index (χ3v) is 11.4. The van der Waals surface area contributed by atoms with Crippen molar-refractivity contribution in [3.63, 3.8) is 0 Å². The van der Waals surface area contributed by atoms with E-state index < -0.39 is 86.4 Å². The molecule has 0 saturated heterocycles. The van der Waals surface area contributed by atoms with Crippen molar-refractivity contribution in [2.75, 3.05) is 6.61 Å². The fourth-order valence-corrected chi connectivity index (χ4v) is 8.43. The van der Waals surface area contributed by atoms with Crippen molar-refractivity contribution >= 4 is 17.9 Å². The van der Waals surface area contributed by atoms with Crippen molar-refractivity contribution in [2.45, 2.75) is 126 Å². The van der Waals surface area contributed by atoms with Crippen LogP contribution in [0.15, 0.2) is 39.8 Å². The number of esters is 3. The highest BCUT2D eigenvalue weighted by molar-refractivity contribution is 5.76. The van der Waals surface area contributed by atoms with Crippen LogP contribution in [0.2, 0.25) is 0 Å². The monoisotopic (exact) mass is 709 g/mol. The lowest BCUT2D eigenvalue weighted by atomic mass is 9.42. The zero-order valence-corrected chi connectivity index (χ0v) is 32.2. The molecule has 2 aromatic rings. The minimum absolute atomic E-state index is 0.0185. The molecule has 3 aliphatic rings. The summed E-state index contributed by atoms with van der Waals surface area (Å²) in [6.45, 7) is 21.7. The quantitative estimate of drug-likeness (QED) is 0.257. The van der Waals surface area contributed by atoms with Crippen LogP contribution in [0.4, 0.5) is 0 Å². The Morgan fingerprint density at radius 3 is 2.06 bits per heavy atom. The minimum Gasteiger partial charge on any atom is -0.482 e. The van der Waals surface area contributed by atoms with E-state index in [0.717, 1.165) is 0 Å². The van der Waals surface area contributed by atoms with Gasteiger partial charge in [-0.25, -0.2) is 4.79 Å². The first-order valence-corrected chi connectivity index (χ1v) is 17.9. The maximum absolute atomic E-state index is 13.7. The Bertz CT molecular complexity index is 1730. The number of hydrogen-bond acceptors (Lipinski definition) is 11. The van der Waals surface area contributed by atoms with Crippen molar-refractivity contribution in [3.05, 3.63) is 46.6 Å². The van der Waals surface area contributed by atoms with Gasteiger partial charge in [-0.3, -0.25) is 19.4 Å². The van der Waals surface area contributed by atoms with Crippen LogP contribution < -0.4 is 10.4 Å². The highest BCUT2D eigenvalue weighted by atomic mass is 16.6. The molecule has 2 aromatic heterocycles. The number of carbonyl (C=O) groups excluding carboxylic acids is 3. The number of ether oxygens (including phenoxy) is 4. The minimum atomic E-state index is -1.38. The molecule has 11 heteroatoms. The fraction of sp³-hybridized carbons (Fsp3) is 0.675. The van der Waals surface area contributed by atoms with E-state index in [2.05, 4.69) is 4.98 Å². The number of aliphatic hydroxyl groups excluding tert-OH is 1. The maximum atomic E-state index is 13.7. The van der Waals surface area contributed by atoms with E-state index in [9.17, 15) is 24.3 Å². The van der Waals surface area contributed by atoms with E-state index in [1.807, 2.05) is 20.8 Å². The second kappa shape index (κ2) is 12.7. The number of pyridine rings is 1. The van der Waals surface area contributed by atoms with Crippen molar-refractivity contribution in [1.29, 1.82) is 0 Å². The Morgan fingerprint density at radius 1 is 0.922 bits per heavy atom. The molecule has 0 spiro atoms. The van der Waals surface area contributed by atoms with Gasteiger partial charge < -0.3 is 28.5 Å². The largest absolute Gasteiger partial charge is 0.482 e. The van der Waals surface area contributed by atoms with E-state index in [-0.39, 0.29) is 30.1 Å². The van der Waals surface area contributed by atoms with Crippen molar-refractivity contribution in [3.8, 4) is 17.1 Å². The van der Waals surface area contributed by atoms with Gasteiger partial charge in [0, 0.05) is 35.4 Å². The number of hydrogen-bond donors (Lipinski definition) is 1. The molecule has 2 unspecified atom stereocenters. The van der Waals surface area contributed by atoms with E-state index in [1.165, 1.54) is 0 Å². The lowest BCUT2D eigenvalue weighted by molar-refractivity contribution is -0.273. The van der Waals surface area contributed by atoms with Gasteiger partial charge in [0.2, 0.25) is 0 Å². The number of nitrogens with zero attached hydrogens (tertiary/aromatic N) is 1. The SMILES string of the molecule is CC(C)(C)C(=O)OC[C@@]1(C)C2C[C@H](OC(=O)C(C)(C)C)[C@@]3(C)Oc4cc(-c5cccnc5)oc(=O)c4[C@H](O)C3[C@@]2(C)CC[C@@H]1OC(=O)C(C)(C)C. The Balaban J connectivity index is 1.68. The standard InChI is InChI=1S/C40H55NO10/c1-35(2,3)32(44)47-21-39(11)25-19-27(50-34(46)37(7,8)9)40(12)30(38(25,10)16-15-26(39)49-33(45)36(4,5)6)29(42)28-24(51-40)18-23(48-31(28)43)22-14-13-17-41-20-22/h13-14,17-18,20,25-27,29-30,42H,15-16,19,21H2,1-12H3/t25?,26-,27-,29-,30?,38-,39-,40+/m0/s1. The van der Waals surface area contributed by atoms with Gasteiger partial charge in [-0.05, 0) is 112 Å². The molecule has 2 aliphatic carbocycles. The molecule has 1 aliphatic heterocycles. The molecule has 2 saturated carbocycles. The van der Waals surface area contributed by atoms with E-state index >= 15 is 0 Å². The van der Waals surface area contributed by atoms with Crippen LogP contribution in [0.3, 0.4) is 0 Å². The number of fused-ring (bicyclic) bond motifs is 4. The van der Waals surface area contributed by atoms with Gasteiger partial charge in [0.1, 0.15) is 41.5 Å². The highest BCUT2D eigenvalue weighted by Crippen LogP contribution is 2.67. The lowest BCUT2D eigenvalue weighted by Crippen LogP contribution is -2.71. The molecule has 280 valence electrons. The Kier molecular flexibility index (Phi) is 9.62. The number of rotatable bonds is 5. The van der Waals surface area contributed by atoms with Crippen molar-refractivity contribution in [2.24, 2.45) is 38.9 Å². The summed E-state index contributed by atoms with van der Waals surface area (Å²) >= 11 is 0.